The Morgan fingerprint density at radius 2 is 2.08 bits per heavy atom. The van der Waals surface area contributed by atoms with E-state index in [0.29, 0.717) is 11.6 Å². The second kappa shape index (κ2) is 3.46. The summed E-state index contributed by atoms with van der Waals surface area (Å²) in [5, 5.41) is 0.315. The number of halogens is 1. The Hall–Kier alpha value is -0.900. The standard InChI is InChI=1S/C8H12ClN2O2/c1-4-5-6(9)10(2)8(13)11(3)7(5)12/h5H,4H2,1-3H3/q+1. The van der Waals surface area contributed by atoms with Gasteiger partial charge in [-0.3, -0.25) is 0 Å². The Bertz CT molecular complexity index is 299. The number of nitrogens with zero attached hydrogens (tertiary/aromatic N) is 2. The van der Waals surface area contributed by atoms with Crippen LogP contribution < -0.4 is 0 Å². The van der Waals surface area contributed by atoms with Crippen molar-refractivity contribution in [1.82, 2.24) is 4.90 Å². The summed E-state index contributed by atoms with van der Waals surface area (Å²) in [5.41, 5.74) is 0. The fourth-order valence-corrected chi connectivity index (χ4v) is 1.64. The third kappa shape index (κ3) is 1.46. The molecule has 0 aromatic heterocycles. The molecule has 0 radical (unpaired) electrons. The minimum Gasteiger partial charge on any atom is -0.246 e. The zero-order valence-electron chi connectivity index (χ0n) is 7.87. The van der Waals surface area contributed by atoms with Crippen LogP contribution in [-0.2, 0) is 4.79 Å². The van der Waals surface area contributed by atoms with Gasteiger partial charge >= 0.3 is 11.9 Å². The average molecular weight is 204 g/mol. The molecule has 0 N–H and O–H groups in total. The van der Waals surface area contributed by atoms with Crippen molar-refractivity contribution in [2.75, 3.05) is 14.1 Å². The number of amides is 3. The van der Waals surface area contributed by atoms with Crippen molar-refractivity contribution in [3.8, 4) is 0 Å². The van der Waals surface area contributed by atoms with Gasteiger partial charge in [-0.15, -0.1) is 0 Å². The first-order valence-corrected chi connectivity index (χ1v) is 4.46. The van der Waals surface area contributed by atoms with E-state index in [1.807, 2.05) is 6.92 Å². The molecule has 1 aliphatic rings. The first kappa shape index (κ1) is 10.2. The number of imide groups is 1. The minimum absolute atomic E-state index is 0.226. The number of carbonyl (C=O) groups excluding carboxylic acids is 2. The molecule has 0 bridgehead atoms. The Kier molecular flexibility index (Phi) is 2.71. The third-order valence-corrected chi connectivity index (χ3v) is 2.74. The molecule has 5 heteroatoms. The molecule has 0 saturated carbocycles. The number of hydrogen-bond donors (Lipinski definition) is 0. The lowest BCUT2D eigenvalue weighted by atomic mass is 10.1. The zero-order chi connectivity index (χ0) is 10.2. The molecule has 0 aliphatic carbocycles. The highest BCUT2D eigenvalue weighted by molar-refractivity contribution is 6.66. The third-order valence-electron chi connectivity index (χ3n) is 2.22. The molecule has 0 aromatic rings. The van der Waals surface area contributed by atoms with Crippen LogP contribution in [0.2, 0.25) is 0 Å². The molecule has 0 aromatic carbocycles. The van der Waals surface area contributed by atoms with Crippen molar-refractivity contribution >= 4 is 28.7 Å². The summed E-state index contributed by atoms with van der Waals surface area (Å²) in [7, 11) is 3.03. The Morgan fingerprint density at radius 3 is 2.54 bits per heavy atom. The van der Waals surface area contributed by atoms with Crippen LogP contribution in [0.5, 0.6) is 0 Å². The van der Waals surface area contributed by atoms with Crippen molar-refractivity contribution in [1.29, 1.82) is 0 Å². The summed E-state index contributed by atoms with van der Waals surface area (Å²) in [6, 6.07) is -0.375. The van der Waals surface area contributed by atoms with Crippen molar-refractivity contribution in [3.63, 3.8) is 0 Å². The maximum atomic E-state index is 11.5. The minimum atomic E-state index is -0.375. The molecule has 1 aliphatic heterocycles. The second-order valence-electron chi connectivity index (χ2n) is 3.02. The van der Waals surface area contributed by atoms with E-state index in [1.165, 1.54) is 11.6 Å². The summed E-state index contributed by atoms with van der Waals surface area (Å²) < 4.78 is 1.30. The highest BCUT2D eigenvalue weighted by Crippen LogP contribution is 2.17. The predicted molar refractivity (Wildman–Crippen MR) is 49.0 cm³/mol. The van der Waals surface area contributed by atoms with Gasteiger partial charge in [0.25, 0.3) is 0 Å². The normalized spacial score (nSPS) is 24.3. The fraction of sp³-hybridized carbons (Fsp3) is 0.625. The molecule has 1 atom stereocenters. The molecular weight excluding hydrogens is 192 g/mol. The zero-order valence-corrected chi connectivity index (χ0v) is 8.63. The maximum absolute atomic E-state index is 11.5. The van der Waals surface area contributed by atoms with Gasteiger partial charge < -0.3 is 0 Å². The van der Waals surface area contributed by atoms with E-state index >= 15 is 0 Å². The van der Waals surface area contributed by atoms with E-state index in [0.717, 1.165) is 4.90 Å². The van der Waals surface area contributed by atoms with Crippen LogP contribution in [-0.4, -0.2) is 40.7 Å². The smallest absolute Gasteiger partial charge is 0.246 e. The van der Waals surface area contributed by atoms with Gasteiger partial charge in [-0.25, -0.2) is 4.79 Å². The van der Waals surface area contributed by atoms with Gasteiger partial charge in [0.15, 0.2) is 5.17 Å². The predicted octanol–water partition coefficient (Wildman–Crippen LogP) is 0.884. The lowest BCUT2D eigenvalue weighted by Gasteiger charge is -2.20. The van der Waals surface area contributed by atoms with E-state index < -0.39 is 0 Å². The van der Waals surface area contributed by atoms with Crippen LogP contribution in [0.1, 0.15) is 13.3 Å². The van der Waals surface area contributed by atoms with Crippen molar-refractivity contribution in [2.45, 2.75) is 13.3 Å². The van der Waals surface area contributed by atoms with Gasteiger partial charge in [0.2, 0.25) is 0 Å². The van der Waals surface area contributed by atoms with Crippen LogP contribution in [0.25, 0.3) is 0 Å². The highest BCUT2D eigenvalue weighted by atomic mass is 35.5. The summed E-state index contributed by atoms with van der Waals surface area (Å²) >= 11 is 5.86. The van der Waals surface area contributed by atoms with Gasteiger partial charge in [0, 0.05) is 0 Å². The van der Waals surface area contributed by atoms with E-state index in [4.69, 9.17) is 11.6 Å². The lowest BCUT2D eigenvalue weighted by molar-refractivity contribution is -0.404. The van der Waals surface area contributed by atoms with Crippen molar-refractivity contribution < 1.29 is 14.2 Å². The van der Waals surface area contributed by atoms with Crippen molar-refractivity contribution in [2.24, 2.45) is 5.92 Å². The van der Waals surface area contributed by atoms with Crippen LogP contribution in [0.4, 0.5) is 4.79 Å². The molecule has 1 unspecified atom stereocenters. The molecule has 0 fully saturated rings. The number of urea groups is 1. The summed E-state index contributed by atoms with van der Waals surface area (Å²) in [4.78, 5) is 23.9. The fourth-order valence-electron chi connectivity index (χ4n) is 1.32. The molecular formula is C8H12ClN2O2+. The molecule has 0 spiro atoms. The highest BCUT2D eigenvalue weighted by Gasteiger charge is 2.42. The topological polar surface area (TPSA) is 40.4 Å². The Labute approximate surface area is 81.8 Å². The SMILES string of the molecule is CCC1C(=O)N(C)C(=O)[N+](C)=C1Cl. The quantitative estimate of drug-likeness (QED) is 0.594. The van der Waals surface area contributed by atoms with E-state index in [1.54, 1.807) is 7.05 Å². The molecule has 4 nitrogen and oxygen atoms in total. The van der Waals surface area contributed by atoms with Gasteiger partial charge in [0.1, 0.15) is 5.92 Å². The average Bonchev–Trinajstić information content (AvgIpc) is 2.13. The first-order valence-electron chi connectivity index (χ1n) is 4.08. The van der Waals surface area contributed by atoms with Gasteiger partial charge in [-0.05, 0) is 18.0 Å². The molecule has 1 rings (SSSR count). The number of rotatable bonds is 1. The van der Waals surface area contributed by atoms with Crippen LogP contribution in [0, 0.1) is 5.92 Å². The summed E-state index contributed by atoms with van der Waals surface area (Å²) in [6.07, 6.45) is 0.611. The Morgan fingerprint density at radius 1 is 1.54 bits per heavy atom. The van der Waals surface area contributed by atoms with E-state index in [-0.39, 0.29) is 17.9 Å². The molecule has 13 heavy (non-hydrogen) atoms. The summed E-state index contributed by atoms with van der Waals surface area (Å²) in [5.74, 6) is -0.593. The number of hydrogen-bond acceptors (Lipinski definition) is 2. The molecule has 1 heterocycles. The monoisotopic (exact) mass is 203 g/mol. The Balaban J connectivity index is 3.16. The largest absolute Gasteiger partial charge is 0.501 e. The maximum Gasteiger partial charge on any atom is 0.501 e. The van der Waals surface area contributed by atoms with Gasteiger partial charge in [-0.2, -0.15) is 14.3 Å². The molecule has 72 valence electrons. The van der Waals surface area contributed by atoms with E-state index in [2.05, 4.69) is 0 Å². The summed E-state index contributed by atoms with van der Waals surface area (Å²) in [6.45, 7) is 1.86. The molecule has 0 saturated heterocycles. The number of carbonyl (C=O) groups is 2. The van der Waals surface area contributed by atoms with Gasteiger partial charge in [0.05, 0.1) is 14.1 Å². The molecule has 3 amide bonds. The van der Waals surface area contributed by atoms with Crippen LogP contribution >= 0.6 is 11.6 Å². The van der Waals surface area contributed by atoms with E-state index in [9.17, 15) is 9.59 Å². The van der Waals surface area contributed by atoms with Crippen LogP contribution in [0.15, 0.2) is 0 Å². The second-order valence-corrected chi connectivity index (χ2v) is 3.41. The van der Waals surface area contributed by atoms with Crippen LogP contribution in [0.3, 0.4) is 0 Å². The lowest BCUT2D eigenvalue weighted by Crippen LogP contribution is -2.50. The first-order chi connectivity index (χ1) is 6.00. The van der Waals surface area contributed by atoms with Gasteiger partial charge in [-0.1, -0.05) is 6.92 Å². The van der Waals surface area contributed by atoms with Crippen molar-refractivity contribution in [3.05, 3.63) is 0 Å².